The van der Waals surface area contributed by atoms with Crippen molar-refractivity contribution in [3.8, 4) is 17.2 Å². The van der Waals surface area contributed by atoms with Gasteiger partial charge in [0.2, 0.25) is 0 Å². The van der Waals surface area contributed by atoms with Crippen molar-refractivity contribution < 1.29 is 24.5 Å². The molecule has 0 spiro atoms. The summed E-state index contributed by atoms with van der Waals surface area (Å²) >= 11 is 3.31. The van der Waals surface area contributed by atoms with Crippen LogP contribution in [0.25, 0.3) is 0 Å². The minimum absolute atomic E-state index is 0.0192. The fourth-order valence-corrected chi connectivity index (χ4v) is 2.80. The van der Waals surface area contributed by atoms with Crippen LogP contribution in [0, 0.1) is 0 Å². The lowest BCUT2D eigenvalue weighted by Crippen LogP contribution is -2.17. The van der Waals surface area contributed by atoms with Gasteiger partial charge in [-0.3, -0.25) is 4.79 Å². The summed E-state index contributed by atoms with van der Waals surface area (Å²) in [4.78, 5) is 24.2. The molecule has 3 aromatic rings. The number of amides is 1. The first kappa shape index (κ1) is 20.1. The fraction of sp³-hybridized carbons (Fsp3) is 0. The van der Waals surface area contributed by atoms with Crippen LogP contribution in [0.2, 0.25) is 0 Å². The highest BCUT2D eigenvalue weighted by atomic mass is 79.9. The van der Waals surface area contributed by atoms with Crippen molar-refractivity contribution in [3.05, 3.63) is 87.9 Å². The van der Waals surface area contributed by atoms with Gasteiger partial charge in [-0.25, -0.2) is 10.2 Å². The number of hydrogen-bond acceptors (Lipinski definition) is 6. The molecule has 0 saturated carbocycles. The summed E-state index contributed by atoms with van der Waals surface area (Å²) in [6, 6.07) is 17.1. The standard InChI is InChI=1S/C21H15BrN2O5/c22-18-4-2-1-3-16(18)21(28)29-15-8-5-13(6-9-15)12-23-24-20(27)17-10-7-14(25)11-19(17)26/h1-12,25-26H,(H,24,27)/b23-12+. The van der Waals surface area contributed by atoms with E-state index in [1.54, 1.807) is 48.5 Å². The van der Waals surface area contributed by atoms with Gasteiger partial charge < -0.3 is 14.9 Å². The fourth-order valence-electron chi connectivity index (χ4n) is 2.35. The number of rotatable bonds is 5. The van der Waals surface area contributed by atoms with Crippen LogP contribution >= 0.6 is 15.9 Å². The van der Waals surface area contributed by atoms with Crippen LogP contribution in [-0.4, -0.2) is 28.3 Å². The maximum absolute atomic E-state index is 12.2. The molecule has 1 amide bonds. The van der Waals surface area contributed by atoms with E-state index in [-0.39, 0.29) is 17.1 Å². The molecule has 0 unspecified atom stereocenters. The smallest absolute Gasteiger partial charge is 0.344 e. The van der Waals surface area contributed by atoms with Crippen molar-refractivity contribution >= 4 is 34.0 Å². The van der Waals surface area contributed by atoms with Crippen molar-refractivity contribution in [2.45, 2.75) is 0 Å². The number of esters is 1. The van der Waals surface area contributed by atoms with Gasteiger partial charge in [0.05, 0.1) is 17.3 Å². The minimum Gasteiger partial charge on any atom is -0.508 e. The van der Waals surface area contributed by atoms with Crippen molar-refractivity contribution in [2.75, 3.05) is 0 Å². The number of aromatic hydroxyl groups is 2. The summed E-state index contributed by atoms with van der Waals surface area (Å²) in [5, 5.41) is 22.7. The van der Waals surface area contributed by atoms with Crippen LogP contribution in [0.5, 0.6) is 17.2 Å². The predicted molar refractivity (Wildman–Crippen MR) is 110 cm³/mol. The Morgan fingerprint density at radius 3 is 2.38 bits per heavy atom. The van der Waals surface area contributed by atoms with Gasteiger partial charge >= 0.3 is 5.97 Å². The van der Waals surface area contributed by atoms with E-state index in [4.69, 9.17) is 4.74 Å². The number of hydrogen-bond donors (Lipinski definition) is 3. The normalized spacial score (nSPS) is 10.7. The van der Waals surface area contributed by atoms with E-state index in [0.717, 1.165) is 6.07 Å². The lowest BCUT2D eigenvalue weighted by Gasteiger charge is -2.06. The monoisotopic (exact) mass is 454 g/mol. The molecule has 0 saturated heterocycles. The molecule has 29 heavy (non-hydrogen) atoms. The lowest BCUT2D eigenvalue weighted by molar-refractivity contribution is 0.0733. The molecule has 3 rings (SSSR count). The van der Waals surface area contributed by atoms with Crippen molar-refractivity contribution in [1.82, 2.24) is 5.43 Å². The van der Waals surface area contributed by atoms with Crippen LogP contribution in [0.4, 0.5) is 0 Å². The first-order chi connectivity index (χ1) is 13.9. The zero-order valence-electron chi connectivity index (χ0n) is 14.9. The zero-order valence-corrected chi connectivity index (χ0v) is 16.5. The van der Waals surface area contributed by atoms with E-state index in [9.17, 15) is 19.8 Å². The molecular weight excluding hydrogens is 440 g/mol. The second-order valence-corrected chi connectivity index (χ2v) is 6.69. The van der Waals surface area contributed by atoms with Crippen LogP contribution in [0.15, 0.2) is 76.3 Å². The molecule has 0 aliphatic heterocycles. The van der Waals surface area contributed by atoms with Gasteiger partial charge in [0.1, 0.15) is 17.2 Å². The molecule has 0 aliphatic carbocycles. The molecule has 3 N–H and O–H groups in total. The van der Waals surface area contributed by atoms with E-state index >= 15 is 0 Å². The second-order valence-electron chi connectivity index (χ2n) is 5.84. The average Bonchev–Trinajstić information content (AvgIpc) is 2.69. The summed E-state index contributed by atoms with van der Waals surface area (Å²) in [5.41, 5.74) is 3.33. The number of benzene rings is 3. The van der Waals surface area contributed by atoms with Gasteiger partial charge in [0.25, 0.3) is 5.91 Å². The highest BCUT2D eigenvalue weighted by Gasteiger charge is 2.12. The number of halogens is 1. The van der Waals surface area contributed by atoms with E-state index in [1.807, 2.05) is 0 Å². The molecule has 7 nitrogen and oxygen atoms in total. The molecular formula is C21H15BrN2O5. The largest absolute Gasteiger partial charge is 0.508 e. The van der Waals surface area contributed by atoms with Crippen molar-refractivity contribution in [2.24, 2.45) is 5.10 Å². The SMILES string of the molecule is O=C(N/N=C/c1ccc(OC(=O)c2ccccc2Br)cc1)c1ccc(O)cc1O. The minimum atomic E-state index is -0.627. The summed E-state index contributed by atoms with van der Waals surface area (Å²) in [5.74, 6) is -1.25. The molecule has 8 heteroatoms. The van der Waals surface area contributed by atoms with Crippen LogP contribution in [-0.2, 0) is 0 Å². The number of nitrogens with one attached hydrogen (secondary N) is 1. The number of ether oxygens (including phenoxy) is 1. The van der Waals surface area contributed by atoms with Crippen molar-refractivity contribution in [3.63, 3.8) is 0 Å². The molecule has 3 aromatic carbocycles. The first-order valence-electron chi connectivity index (χ1n) is 8.36. The second kappa shape index (κ2) is 9.03. The Morgan fingerprint density at radius 1 is 0.966 bits per heavy atom. The number of carbonyl (C=O) groups excluding carboxylic acids is 2. The van der Waals surface area contributed by atoms with Crippen LogP contribution < -0.4 is 10.2 Å². The number of nitrogens with zero attached hydrogens (tertiary/aromatic N) is 1. The van der Waals surface area contributed by atoms with E-state index < -0.39 is 11.9 Å². The Labute approximate surface area is 174 Å². The van der Waals surface area contributed by atoms with E-state index in [1.165, 1.54) is 18.3 Å². The van der Waals surface area contributed by atoms with E-state index in [0.29, 0.717) is 21.3 Å². The van der Waals surface area contributed by atoms with Gasteiger partial charge in [-0.1, -0.05) is 12.1 Å². The lowest BCUT2D eigenvalue weighted by atomic mass is 10.2. The molecule has 0 fully saturated rings. The Bertz CT molecular complexity index is 1080. The summed E-state index contributed by atoms with van der Waals surface area (Å²) in [6.07, 6.45) is 1.40. The molecule has 0 atom stereocenters. The van der Waals surface area contributed by atoms with E-state index in [2.05, 4.69) is 26.5 Å². The maximum atomic E-state index is 12.2. The Kier molecular flexibility index (Phi) is 6.25. The van der Waals surface area contributed by atoms with Crippen molar-refractivity contribution in [1.29, 1.82) is 0 Å². The zero-order chi connectivity index (χ0) is 20.8. The van der Waals surface area contributed by atoms with Gasteiger partial charge in [-0.2, -0.15) is 5.10 Å². The number of phenolic OH excluding ortho intramolecular Hbond substituents is 2. The van der Waals surface area contributed by atoms with Gasteiger partial charge in [0, 0.05) is 10.5 Å². The molecule has 146 valence electrons. The average molecular weight is 455 g/mol. The quantitative estimate of drug-likeness (QED) is 0.235. The molecule has 0 aromatic heterocycles. The summed E-state index contributed by atoms with van der Waals surface area (Å²) in [7, 11) is 0. The topological polar surface area (TPSA) is 108 Å². The van der Waals surface area contributed by atoms with Crippen LogP contribution in [0.3, 0.4) is 0 Å². The number of hydrazone groups is 1. The van der Waals surface area contributed by atoms with Crippen LogP contribution in [0.1, 0.15) is 26.3 Å². The molecule has 0 heterocycles. The van der Waals surface area contributed by atoms with Gasteiger partial charge in [-0.15, -0.1) is 0 Å². The Morgan fingerprint density at radius 2 is 1.69 bits per heavy atom. The molecule has 0 aliphatic rings. The number of carbonyl (C=O) groups is 2. The summed E-state index contributed by atoms with van der Waals surface area (Å²) < 4.78 is 5.97. The Hall–Kier alpha value is -3.65. The summed E-state index contributed by atoms with van der Waals surface area (Å²) in [6.45, 7) is 0. The van der Waals surface area contributed by atoms with Gasteiger partial charge in [0.15, 0.2) is 0 Å². The predicted octanol–water partition coefficient (Wildman–Crippen LogP) is 3.84. The molecule has 0 radical (unpaired) electrons. The first-order valence-corrected chi connectivity index (χ1v) is 9.15. The highest BCUT2D eigenvalue weighted by molar-refractivity contribution is 9.10. The Balaban J connectivity index is 1.59. The third-order valence-corrected chi connectivity index (χ3v) is 4.48. The number of phenols is 2. The molecule has 0 bridgehead atoms. The maximum Gasteiger partial charge on any atom is 0.344 e. The third-order valence-electron chi connectivity index (χ3n) is 3.79. The van der Waals surface area contributed by atoms with Gasteiger partial charge in [-0.05, 0) is 70.0 Å². The third kappa shape index (κ3) is 5.20. The highest BCUT2D eigenvalue weighted by Crippen LogP contribution is 2.22.